The molecular weight excluding hydrogens is 365 g/mol. The number of rotatable bonds is 5. The van der Waals surface area contributed by atoms with Gasteiger partial charge in [0.05, 0.1) is 15.5 Å². The molecule has 0 heterocycles. The number of carbonyl (C=O) groups excluding carboxylic acids is 1. The lowest BCUT2D eigenvalue weighted by Gasteiger charge is -2.13. The van der Waals surface area contributed by atoms with Crippen LogP contribution in [-0.2, 0) is 16.0 Å². The summed E-state index contributed by atoms with van der Waals surface area (Å²) < 4.78 is 62.0. The van der Waals surface area contributed by atoms with Crippen molar-refractivity contribution in [3.63, 3.8) is 0 Å². The zero-order chi connectivity index (χ0) is 18.7. The molecule has 1 aromatic carbocycles. The number of Topliss-reactive ketones (excluding diaryl/α,β-unsaturated/α-hetero) is 1. The quantitative estimate of drug-likeness (QED) is 0.481. The largest absolute Gasteiger partial charge is 0.416 e. The van der Waals surface area contributed by atoms with E-state index in [2.05, 4.69) is 5.32 Å². The number of sulfone groups is 1. The van der Waals surface area contributed by atoms with E-state index in [4.69, 9.17) is 5.26 Å². The van der Waals surface area contributed by atoms with Crippen molar-refractivity contribution in [2.75, 3.05) is 19.6 Å². The first-order valence-electron chi connectivity index (χ1n) is 6.29. The van der Waals surface area contributed by atoms with Gasteiger partial charge in [-0.2, -0.15) is 18.4 Å². The van der Waals surface area contributed by atoms with Crippen LogP contribution in [0.4, 0.5) is 13.2 Å². The lowest BCUT2D eigenvalue weighted by molar-refractivity contribution is -0.137. The van der Waals surface area contributed by atoms with Crippen LogP contribution in [0.1, 0.15) is 15.9 Å². The number of allylic oxidation sites excluding steroid dienone is 1. The summed E-state index contributed by atoms with van der Waals surface area (Å²) in [4.78, 5) is 11.7. The lowest BCUT2D eigenvalue weighted by atomic mass is 10.0. The molecule has 0 aliphatic rings. The topological polar surface area (TPSA) is 87.0 Å². The predicted octanol–water partition coefficient (Wildman–Crippen LogP) is 2.61. The van der Waals surface area contributed by atoms with E-state index in [0.29, 0.717) is 18.4 Å². The molecule has 0 fully saturated rings. The highest BCUT2D eigenvalue weighted by molar-refractivity contribution is 8.02. The van der Waals surface area contributed by atoms with E-state index >= 15 is 0 Å². The second kappa shape index (κ2) is 7.27. The van der Waals surface area contributed by atoms with E-state index in [-0.39, 0.29) is 10.6 Å². The maximum Gasteiger partial charge on any atom is 0.416 e. The van der Waals surface area contributed by atoms with Gasteiger partial charge in [0.15, 0.2) is 9.84 Å². The molecule has 0 saturated heterocycles. The average molecular weight is 378 g/mol. The minimum absolute atomic E-state index is 0.182. The molecule has 24 heavy (non-hydrogen) atoms. The SMILES string of the molecule is CNC(SC)=C(C#N)C(=O)c1ccc(C(F)(F)F)cc1S(C)(=O)=O. The second-order valence-corrected chi connectivity index (χ2v) is 7.38. The first kappa shape index (κ1) is 20.1. The Hall–Kier alpha value is -1.99. The Kier molecular flexibility index (Phi) is 6.08. The fourth-order valence-electron chi connectivity index (χ4n) is 1.86. The molecule has 0 saturated carbocycles. The van der Waals surface area contributed by atoms with Gasteiger partial charge in [0.1, 0.15) is 11.6 Å². The highest BCUT2D eigenvalue weighted by atomic mass is 32.2. The van der Waals surface area contributed by atoms with Crippen molar-refractivity contribution >= 4 is 27.4 Å². The third kappa shape index (κ3) is 4.30. The summed E-state index contributed by atoms with van der Waals surface area (Å²) in [7, 11) is -2.66. The normalized spacial score (nSPS) is 13.0. The zero-order valence-electron chi connectivity index (χ0n) is 12.9. The molecule has 1 aromatic rings. The Bertz CT molecular complexity index is 832. The molecule has 0 radical (unpaired) electrons. The monoisotopic (exact) mass is 378 g/mol. The minimum Gasteiger partial charge on any atom is -0.382 e. The molecule has 5 nitrogen and oxygen atoms in total. The van der Waals surface area contributed by atoms with Crippen LogP contribution in [0.5, 0.6) is 0 Å². The van der Waals surface area contributed by atoms with Crippen molar-refractivity contribution in [2.45, 2.75) is 11.1 Å². The molecule has 0 atom stereocenters. The number of carbonyl (C=O) groups is 1. The van der Waals surface area contributed by atoms with Gasteiger partial charge in [-0.3, -0.25) is 4.79 Å². The predicted molar refractivity (Wildman–Crippen MR) is 84.1 cm³/mol. The van der Waals surface area contributed by atoms with Crippen LogP contribution in [-0.4, -0.2) is 33.8 Å². The molecule has 1 N–H and O–H groups in total. The summed E-state index contributed by atoms with van der Waals surface area (Å²) >= 11 is 1.04. The van der Waals surface area contributed by atoms with Crippen LogP contribution in [0.2, 0.25) is 0 Å². The van der Waals surface area contributed by atoms with Crippen molar-refractivity contribution < 1.29 is 26.4 Å². The average Bonchev–Trinajstić information content (AvgIpc) is 2.49. The van der Waals surface area contributed by atoms with Gasteiger partial charge in [-0.1, -0.05) is 0 Å². The van der Waals surface area contributed by atoms with Crippen LogP contribution in [0, 0.1) is 11.3 Å². The van der Waals surface area contributed by atoms with E-state index in [0.717, 1.165) is 17.8 Å². The Morgan fingerprint density at radius 1 is 1.33 bits per heavy atom. The summed E-state index contributed by atoms with van der Waals surface area (Å²) in [6.45, 7) is 0. The number of nitriles is 1. The van der Waals surface area contributed by atoms with Crippen molar-refractivity contribution in [3.8, 4) is 6.07 Å². The molecular formula is C14H13F3N2O3S2. The smallest absolute Gasteiger partial charge is 0.382 e. The summed E-state index contributed by atoms with van der Waals surface area (Å²) in [5, 5.41) is 12.0. The summed E-state index contributed by atoms with van der Waals surface area (Å²) in [6, 6.07) is 3.43. The van der Waals surface area contributed by atoms with Gasteiger partial charge in [0.2, 0.25) is 5.78 Å². The van der Waals surface area contributed by atoms with Crippen molar-refractivity contribution in [1.82, 2.24) is 5.32 Å². The van der Waals surface area contributed by atoms with Gasteiger partial charge < -0.3 is 5.32 Å². The Morgan fingerprint density at radius 2 is 1.92 bits per heavy atom. The number of benzene rings is 1. The molecule has 0 bridgehead atoms. The van der Waals surface area contributed by atoms with Crippen LogP contribution < -0.4 is 5.32 Å². The second-order valence-electron chi connectivity index (χ2n) is 4.58. The first-order chi connectivity index (χ1) is 11.0. The molecule has 0 amide bonds. The molecule has 130 valence electrons. The number of halogens is 3. The summed E-state index contributed by atoms with van der Waals surface area (Å²) in [5.74, 6) is -0.967. The van der Waals surface area contributed by atoms with E-state index in [1.54, 1.807) is 12.3 Å². The summed E-state index contributed by atoms with van der Waals surface area (Å²) in [6.07, 6.45) is -2.48. The number of hydrogen-bond acceptors (Lipinski definition) is 6. The van der Waals surface area contributed by atoms with E-state index < -0.39 is 37.8 Å². The number of nitrogens with one attached hydrogen (secondary N) is 1. The van der Waals surface area contributed by atoms with Crippen molar-refractivity contribution in [1.29, 1.82) is 5.26 Å². The van der Waals surface area contributed by atoms with Gasteiger partial charge in [0.25, 0.3) is 0 Å². The number of nitrogens with zero attached hydrogens (tertiary/aromatic N) is 1. The number of thioether (sulfide) groups is 1. The van der Waals surface area contributed by atoms with E-state index in [1.807, 2.05) is 0 Å². The van der Waals surface area contributed by atoms with Crippen LogP contribution in [0.3, 0.4) is 0 Å². The standard InChI is InChI=1S/C14H13F3N2O3S2/c1-19-13(23-2)10(7-18)12(20)9-5-4-8(14(15,16)17)6-11(9)24(3,21)22/h4-6,19H,1-3H3. The highest BCUT2D eigenvalue weighted by Crippen LogP contribution is 2.33. The third-order valence-electron chi connectivity index (χ3n) is 2.95. The van der Waals surface area contributed by atoms with Crippen LogP contribution >= 0.6 is 11.8 Å². The molecule has 10 heteroatoms. The molecule has 0 aliphatic carbocycles. The molecule has 1 rings (SSSR count). The van der Waals surface area contributed by atoms with Crippen LogP contribution in [0.15, 0.2) is 33.7 Å². The number of hydrogen-bond donors (Lipinski definition) is 1. The number of ketones is 1. The highest BCUT2D eigenvalue weighted by Gasteiger charge is 2.33. The van der Waals surface area contributed by atoms with E-state index in [9.17, 15) is 26.4 Å². The van der Waals surface area contributed by atoms with Crippen molar-refractivity contribution in [2.24, 2.45) is 0 Å². The van der Waals surface area contributed by atoms with Gasteiger partial charge in [-0.15, -0.1) is 11.8 Å². The minimum atomic E-state index is -4.76. The number of alkyl halides is 3. The fraction of sp³-hybridized carbons (Fsp3) is 0.286. The Morgan fingerprint density at radius 3 is 2.29 bits per heavy atom. The van der Waals surface area contributed by atoms with Crippen LogP contribution in [0.25, 0.3) is 0 Å². The molecule has 0 aromatic heterocycles. The maximum atomic E-state index is 12.8. The third-order valence-corrected chi connectivity index (χ3v) is 4.90. The molecule has 0 aliphatic heterocycles. The first-order valence-corrected chi connectivity index (χ1v) is 9.41. The van der Waals surface area contributed by atoms with Gasteiger partial charge in [-0.05, 0) is 24.5 Å². The van der Waals surface area contributed by atoms with Gasteiger partial charge in [0, 0.05) is 18.9 Å². The Labute approximate surface area is 141 Å². The van der Waals surface area contributed by atoms with E-state index in [1.165, 1.54) is 7.05 Å². The maximum absolute atomic E-state index is 12.8. The summed E-state index contributed by atoms with van der Waals surface area (Å²) in [5.41, 5.74) is -2.06. The van der Waals surface area contributed by atoms with Crippen molar-refractivity contribution in [3.05, 3.63) is 39.9 Å². The van der Waals surface area contributed by atoms with Gasteiger partial charge >= 0.3 is 6.18 Å². The fourth-order valence-corrected chi connectivity index (χ4v) is 3.31. The lowest BCUT2D eigenvalue weighted by Crippen LogP contribution is -2.16. The van der Waals surface area contributed by atoms with Gasteiger partial charge in [-0.25, -0.2) is 8.42 Å². The Balaban J connectivity index is 3.69. The molecule has 0 spiro atoms. The molecule has 0 unspecified atom stereocenters. The zero-order valence-corrected chi connectivity index (χ0v) is 14.5.